The molecule has 2 unspecified atom stereocenters. The number of rotatable bonds is 5. The van der Waals surface area contributed by atoms with E-state index in [9.17, 15) is 0 Å². The molecule has 106 valence electrons. The van der Waals surface area contributed by atoms with Crippen LogP contribution in [0.4, 0.5) is 0 Å². The predicted molar refractivity (Wildman–Crippen MR) is 77.7 cm³/mol. The lowest BCUT2D eigenvalue weighted by Gasteiger charge is -2.38. The Morgan fingerprint density at radius 2 is 1.72 bits per heavy atom. The van der Waals surface area contributed by atoms with Crippen molar-refractivity contribution in [3.8, 4) is 0 Å². The molecule has 0 N–H and O–H groups in total. The Morgan fingerprint density at radius 1 is 0.944 bits per heavy atom. The Hall–Kier alpha value is -0.0400. The third-order valence-corrected chi connectivity index (χ3v) is 5.52. The summed E-state index contributed by atoms with van der Waals surface area (Å²) in [7, 11) is 1.90. The average Bonchev–Trinajstić information content (AvgIpc) is 2.46. The molecule has 1 nitrogen and oxygen atoms in total. The van der Waals surface area contributed by atoms with E-state index in [4.69, 9.17) is 4.74 Å². The van der Waals surface area contributed by atoms with Gasteiger partial charge < -0.3 is 4.74 Å². The molecule has 0 aromatic rings. The fraction of sp³-hybridized carbons (Fsp3) is 1.00. The largest absolute Gasteiger partial charge is 0.381 e. The van der Waals surface area contributed by atoms with E-state index in [0.717, 1.165) is 17.8 Å². The van der Waals surface area contributed by atoms with Crippen molar-refractivity contribution in [2.24, 2.45) is 17.8 Å². The van der Waals surface area contributed by atoms with Crippen LogP contribution in [0.15, 0.2) is 0 Å². The van der Waals surface area contributed by atoms with Gasteiger partial charge >= 0.3 is 0 Å². The van der Waals surface area contributed by atoms with Crippen LogP contribution < -0.4 is 0 Å². The zero-order valence-electron chi connectivity index (χ0n) is 12.5. The van der Waals surface area contributed by atoms with E-state index < -0.39 is 0 Å². The van der Waals surface area contributed by atoms with Crippen molar-refractivity contribution in [3.05, 3.63) is 0 Å². The quantitative estimate of drug-likeness (QED) is 0.654. The van der Waals surface area contributed by atoms with E-state index in [1.807, 2.05) is 7.11 Å². The molecule has 2 saturated carbocycles. The van der Waals surface area contributed by atoms with E-state index in [2.05, 4.69) is 6.92 Å². The number of ether oxygens (including phenoxy) is 1. The smallest absolute Gasteiger partial charge is 0.0574 e. The van der Waals surface area contributed by atoms with E-state index in [1.165, 1.54) is 70.6 Å². The van der Waals surface area contributed by atoms with Gasteiger partial charge in [0.25, 0.3) is 0 Å². The Kier molecular flexibility index (Phi) is 6.01. The highest BCUT2D eigenvalue weighted by Crippen LogP contribution is 2.41. The molecule has 0 heterocycles. The molecule has 1 heteroatoms. The molecule has 18 heavy (non-hydrogen) atoms. The van der Waals surface area contributed by atoms with Crippen LogP contribution in [0.2, 0.25) is 0 Å². The lowest BCUT2D eigenvalue weighted by atomic mass is 9.70. The van der Waals surface area contributed by atoms with Gasteiger partial charge in [-0.15, -0.1) is 0 Å². The van der Waals surface area contributed by atoms with Crippen LogP contribution in [-0.2, 0) is 4.74 Å². The molecule has 0 radical (unpaired) electrons. The Morgan fingerprint density at radius 3 is 2.39 bits per heavy atom. The van der Waals surface area contributed by atoms with Crippen LogP contribution in [0.1, 0.15) is 77.6 Å². The summed E-state index contributed by atoms with van der Waals surface area (Å²) in [5, 5.41) is 0. The number of methoxy groups -OCH3 is 1. The molecule has 0 spiro atoms. The number of hydrogen-bond donors (Lipinski definition) is 0. The van der Waals surface area contributed by atoms with Crippen LogP contribution in [0.3, 0.4) is 0 Å². The minimum Gasteiger partial charge on any atom is -0.381 e. The first-order valence-electron chi connectivity index (χ1n) is 8.36. The zero-order valence-corrected chi connectivity index (χ0v) is 12.5. The summed E-state index contributed by atoms with van der Waals surface area (Å²) in [6, 6.07) is 0. The SMILES string of the molecule is CCCCC1CCC(C2CCCC(OC)C2)CC1. The van der Waals surface area contributed by atoms with Crippen LogP contribution in [-0.4, -0.2) is 13.2 Å². The molecule has 2 aliphatic rings. The fourth-order valence-corrected chi connectivity index (χ4v) is 4.26. The second kappa shape index (κ2) is 7.53. The second-order valence-corrected chi connectivity index (χ2v) is 6.71. The molecule has 0 bridgehead atoms. The normalized spacial score (nSPS) is 37.7. The van der Waals surface area contributed by atoms with Gasteiger partial charge in [-0.25, -0.2) is 0 Å². The Balaban J connectivity index is 1.72. The topological polar surface area (TPSA) is 9.23 Å². The van der Waals surface area contributed by atoms with Crippen LogP contribution in [0.5, 0.6) is 0 Å². The van der Waals surface area contributed by atoms with Crippen molar-refractivity contribution in [1.82, 2.24) is 0 Å². The molecule has 0 saturated heterocycles. The van der Waals surface area contributed by atoms with Gasteiger partial charge in [-0.1, -0.05) is 45.4 Å². The Labute approximate surface area is 114 Å². The average molecular weight is 252 g/mol. The first-order chi connectivity index (χ1) is 8.83. The molecule has 2 rings (SSSR count). The van der Waals surface area contributed by atoms with Gasteiger partial charge in [0.1, 0.15) is 0 Å². The van der Waals surface area contributed by atoms with Gasteiger partial charge in [0.15, 0.2) is 0 Å². The van der Waals surface area contributed by atoms with Gasteiger partial charge in [-0.05, 0) is 49.9 Å². The zero-order chi connectivity index (χ0) is 12.8. The van der Waals surface area contributed by atoms with Crippen LogP contribution >= 0.6 is 0 Å². The minimum atomic E-state index is 0.571. The summed E-state index contributed by atoms with van der Waals surface area (Å²) in [4.78, 5) is 0. The maximum atomic E-state index is 5.59. The molecule has 0 aliphatic heterocycles. The minimum absolute atomic E-state index is 0.571. The molecule has 2 aliphatic carbocycles. The monoisotopic (exact) mass is 252 g/mol. The summed E-state index contributed by atoms with van der Waals surface area (Å²) in [5.74, 6) is 3.07. The summed E-state index contributed by atoms with van der Waals surface area (Å²) < 4.78 is 5.59. The molecule has 0 aromatic heterocycles. The van der Waals surface area contributed by atoms with Gasteiger partial charge in [0, 0.05) is 7.11 Å². The highest BCUT2D eigenvalue weighted by Gasteiger charge is 2.31. The molecule has 2 atom stereocenters. The predicted octanol–water partition coefficient (Wildman–Crippen LogP) is 5.19. The van der Waals surface area contributed by atoms with Gasteiger partial charge in [0.2, 0.25) is 0 Å². The molecular weight excluding hydrogens is 220 g/mol. The Bertz CT molecular complexity index is 218. The fourth-order valence-electron chi connectivity index (χ4n) is 4.26. The second-order valence-electron chi connectivity index (χ2n) is 6.71. The summed E-state index contributed by atoms with van der Waals surface area (Å²) in [6.07, 6.45) is 16.5. The van der Waals surface area contributed by atoms with E-state index in [-0.39, 0.29) is 0 Å². The summed E-state index contributed by atoms with van der Waals surface area (Å²) >= 11 is 0. The third-order valence-electron chi connectivity index (χ3n) is 5.52. The third kappa shape index (κ3) is 3.98. The van der Waals surface area contributed by atoms with E-state index >= 15 is 0 Å². The highest BCUT2D eigenvalue weighted by atomic mass is 16.5. The van der Waals surface area contributed by atoms with Crippen molar-refractivity contribution in [3.63, 3.8) is 0 Å². The van der Waals surface area contributed by atoms with E-state index in [1.54, 1.807) is 0 Å². The molecule has 2 fully saturated rings. The van der Waals surface area contributed by atoms with Gasteiger partial charge in [-0.2, -0.15) is 0 Å². The lowest BCUT2D eigenvalue weighted by Crippen LogP contribution is -2.29. The van der Waals surface area contributed by atoms with Crippen molar-refractivity contribution in [1.29, 1.82) is 0 Å². The number of unbranched alkanes of at least 4 members (excludes halogenated alkanes) is 1. The summed E-state index contributed by atoms with van der Waals surface area (Å²) in [6.45, 7) is 2.32. The first kappa shape index (κ1) is 14.4. The number of hydrogen-bond acceptors (Lipinski definition) is 1. The standard InChI is InChI=1S/C17H32O/c1-3-4-6-14-9-11-15(12-10-14)16-7-5-8-17(13-16)18-2/h14-17H,3-13H2,1-2H3. The van der Waals surface area contributed by atoms with Gasteiger partial charge in [-0.3, -0.25) is 0 Å². The van der Waals surface area contributed by atoms with Crippen molar-refractivity contribution in [2.75, 3.05) is 7.11 Å². The van der Waals surface area contributed by atoms with Crippen LogP contribution in [0.25, 0.3) is 0 Å². The van der Waals surface area contributed by atoms with Crippen molar-refractivity contribution in [2.45, 2.75) is 83.7 Å². The first-order valence-corrected chi connectivity index (χ1v) is 8.36. The molecular formula is C17H32O. The highest BCUT2D eigenvalue weighted by molar-refractivity contribution is 4.82. The summed E-state index contributed by atoms with van der Waals surface area (Å²) in [5.41, 5.74) is 0. The van der Waals surface area contributed by atoms with Gasteiger partial charge in [0.05, 0.1) is 6.10 Å². The van der Waals surface area contributed by atoms with E-state index in [0.29, 0.717) is 6.10 Å². The lowest BCUT2D eigenvalue weighted by molar-refractivity contribution is 0.0283. The van der Waals surface area contributed by atoms with Crippen molar-refractivity contribution >= 4 is 0 Å². The molecule has 0 amide bonds. The van der Waals surface area contributed by atoms with Crippen LogP contribution in [0, 0.1) is 17.8 Å². The molecule has 0 aromatic carbocycles. The maximum absolute atomic E-state index is 5.59. The van der Waals surface area contributed by atoms with Crippen molar-refractivity contribution < 1.29 is 4.74 Å². The maximum Gasteiger partial charge on any atom is 0.0574 e.